The number of aromatic nitrogens is 1. The van der Waals surface area contributed by atoms with E-state index in [-0.39, 0.29) is 11.3 Å². The summed E-state index contributed by atoms with van der Waals surface area (Å²) in [6, 6.07) is 9.72. The van der Waals surface area contributed by atoms with Crippen LogP contribution in [0.5, 0.6) is 0 Å². The standard InChI is InChI=1S/C18H20ClN3O/c1-21-10-2-3-16(21)17(23)22-12-18(6-8-20-9-7-18)14-11-13(19)4-5-15(14)22/h2-5,10-11,20H,6-9,12H2,1H3. The first kappa shape index (κ1) is 14.8. The van der Waals surface area contributed by atoms with Gasteiger partial charge in [0.25, 0.3) is 5.91 Å². The number of nitrogens with one attached hydrogen (secondary N) is 1. The maximum atomic E-state index is 13.1. The monoisotopic (exact) mass is 329 g/mol. The van der Waals surface area contributed by atoms with E-state index in [4.69, 9.17) is 11.6 Å². The van der Waals surface area contributed by atoms with Crippen molar-refractivity contribution in [1.82, 2.24) is 9.88 Å². The molecule has 0 aliphatic carbocycles. The van der Waals surface area contributed by atoms with Crippen molar-refractivity contribution in [2.75, 3.05) is 24.5 Å². The lowest BCUT2D eigenvalue weighted by atomic mass is 9.75. The van der Waals surface area contributed by atoms with Crippen molar-refractivity contribution in [1.29, 1.82) is 0 Å². The predicted molar refractivity (Wildman–Crippen MR) is 92.3 cm³/mol. The van der Waals surface area contributed by atoms with Crippen molar-refractivity contribution >= 4 is 23.2 Å². The molecule has 1 saturated heterocycles. The molecule has 4 nitrogen and oxygen atoms in total. The number of anilines is 1. The third kappa shape index (κ3) is 2.28. The summed E-state index contributed by atoms with van der Waals surface area (Å²) in [5.74, 6) is 0.0662. The molecule has 2 aromatic rings. The van der Waals surface area contributed by atoms with Gasteiger partial charge in [0, 0.05) is 35.9 Å². The number of nitrogens with zero attached hydrogens (tertiary/aromatic N) is 2. The summed E-state index contributed by atoms with van der Waals surface area (Å²) in [4.78, 5) is 15.0. The lowest BCUT2D eigenvalue weighted by Crippen LogP contribution is -2.44. The van der Waals surface area contributed by atoms with E-state index in [1.54, 1.807) is 0 Å². The minimum absolute atomic E-state index is 0.0340. The van der Waals surface area contributed by atoms with Gasteiger partial charge in [-0.1, -0.05) is 11.6 Å². The summed E-state index contributed by atoms with van der Waals surface area (Å²) in [5, 5.41) is 4.17. The zero-order valence-corrected chi connectivity index (χ0v) is 13.9. The molecule has 0 atom stereocenters. The number of amides is 1. The number of hydrogen-bond donors (Lipinski definition) is 1. The number of rotatable bonds is 1. The summed E-state index contributed by atoms with van der Waals surface area (Å²) in [6.07, 6.45) is 3.99. The largest absolute Gasteiger partial charge is 0.347 e. The Labute approximate surface area is 141 Å². The molecule has 0 unspecified atom stereocenters. The zero-order valence-electron chi connectivity index (χ0n) is 13.2. The summed E-state index contributed by atoms with van der Waals surface area (Å²) in [6.45, 7) is 2.71. The van der Waals surface area contributed by atoms with Crippen LogP contribution in [0.2, 0.25) is 5.02 Å². The number of piperidine rings is 1. The van der Waals surface area contributed by atoms with Gasteiger partial charge in [0.05, 0.1) is 0 Å². The quantitative estimate of drug-likeness (QED) is 0.873. The van der Waals surface area contributed by atoms with E-state index >= 15 is 0 Å². The number of hydrogen-bond acceptors (Lipinski definition) is 2. The van der Waals surface area contributed by atoms with E-state index in [0.29, 0.717) is 0 Å². The molecule has 1 amide bonds. The van der Waals surface area contributed by atoms with Crippen molar-refractivity contribution in [3.63, 3.8) is 0 Å². The van der Waals surface area contributed by atoms with Crippen molar-refractivity contribution in [3.05, 3.63) is 52.8 Å². The lowest BCUT2D eigenvalue weighted by Gasteiger charge is -2.34. The van der Waals surface area contributed by atoms with Gasteiger partial charge in [0.1, 0.15) is 5.69 Å². The first-order chi connectivity index (χ1) is 11.1. The highest BCUT2D eigenvalue weighted by molar-refractivity contribution is 6.30. The van der Waals surface area contributed by atoms with Crippen LogP contribution in [-0.4, -0.2) is 30.1 Å². The first-order valence-corrected chi connectivity index (χ1v) is 8.42. The number of benzene rings is 1. The molecule has 4 rings (SSSR count). The molecule has 0 radical (unpaired) electrons. The molecule has 120 valence electrons. The molecule has 2 aliphatic heterocycles. The Morgan fingerprint density at radius 2 is 2.04 bits per heavy atom. The molecule has 0 bridgehead atoms. The number of aryl methyl sites for hydroxylation is 1. The van der Waals surface area contributed by atoms with E-state index in [2.05, 4.69) is 11.4 Å². The number of carbonyl (C=O) groups is 1. The number of fused-ring (bicyclic) bond motifs is 2. The van der Waals surface area contributed by atoms with Gasteiger partial charge >= 0.3 is 0 Å². The van der Waals surface area contributed by atoms with E-state index in [1.165, 1.54) is 5.56 Å². The van der Waals surface area contributed by atoms with Crippen LogP contribution < -0.4 is 10.2 Å². The Bertz CT molecular complexity index is 761. The van der Waals surface area contributed by atoms with Gasteiger partial charge in [0.15, 0.2) is 0 Å². The van der Waals surface area contributed by atoms with E-state index in [0.717, 1.165) is 48.9 Å². The molecular weight excluding hydrogens is 310 g/mol. The molecule has 1 spiro atoms. The molecule has 5 heteroatoms. The Balaban J connectivity index is 1.79. The molecule has 1 aromatic heterocycles. The Hall–Kier alpha value is -1.78. The van der Waals surface area contributed by atoms with Crippen LogP contribution in [0.4, 0.5) is 5.69 Å². The average molecular weight is 330 g/mol. The van der Waals surface area contributed by atoms with Crippen LogP contribution in [-0.2, 0) is 12.5 Å². The third-order valence-electron chi connectivity index (χ3n) is 5.25. The SMILES string of the molecule is Cn1cccc1C(=O)N1CC2(CCNCC2)c2cc(Cl)ccc21. The third-order valence-corrected chi connectivity index (χ3v) is 5.49. The van der Waals surface area contributed by atoms with Crippen molar-refractivity contribution < 1.29 is 4.79 Å². The zero-order chi connectivity index (χ0) is 16.0. The second kappa shape index (κ2) is 5.39. The predicted octanol–water partition coefficient (Wildman–Crippen LogP) is 2.96. The highest BCUT2D eigenvalue weighted by atomic mass is 35.5. The van der Waals surface area contributed by atoms with Crippen molar-refractivity contribution in [2.45, 2.75) is 18.3 Å². The lowest BCUT2D eigenvalue weighted by molar-refractivity contribution is 0.0975. The molecule has 0 saturated carbocycles. The van der Waals surface area contributed by atoms with Crippen LogP contribution in [0.1, 0.15) is 28.9 Å². The summed E-state index contributed by atoms with van der Waals surface area (Å²) in [7, 11) is 1.91. The van der Waals surface area contributed by atoms with E-state index in [1.807, 2.05) is 47.0 Å². The van der Waals surface area contributed by atoms with E-state index < -0.39 is 0 Å². The molecular formula is C18H20ClN3O. The number of halogens is 1. The number of carbonyl (C=O) groups excluding carboxylic acids is 1. The molecule has 2 aliphatic rings. The van der Waals surface area contributed by atoms with E-state index in [9.17, 15) is 4.79 Å². The Kier molecular flexibility index (Phi) is 3.47. The average Bonchev–Trinajstić information content (AvgIpc) is 3.10. The van der Waals surface area contributed by atoms with Crippen LogP contribution in [0.15, 0.2) is 36.5 Å². The molecule has 1 aromatic carbocycles. The summed E-state index contributed by atoms with van der Waals surface area (Å²) < 4.78 is 1.88. The fraction of sp³-hybridized carbons (Fsp3) is 0.389. The maximum Gasteiger partial charge on any atom is 0.274 e. The maximum absolute atomic E-state index is 13.1. The van der Waals surface area contributed by atoms with Gasteiger partial charge in [-0.25, -0.2) is 0 Å². The second-order valence-electron chi connectivity index (χ2n) is 6.59. The summed E-state index contributed by atoms with van der Waals surface area (Å²) in [5.41, 5.74) is 3.00. The van der Waals surface area contributed by atoms with Crippen LogP contribution in [0.25, 0.3) is 0 Å². The molecule has 1 fully saturated rings. The van der Waals surface area contributed by atoms with Gasteiger partial charge in [-0.05, 0) is 61.8 Å². The fourth-order valence-corrected chi connectivity index (χ4v) is 4.15. The normalized spacial score (nSPS) is 19.1. The highest BCUT2D eigenvalue weighted by Gasteiger charge is 2.45. The van der Waals surface area contributed by atoms with Crippen LogP contribution in [0.3, 0.4) is 0 Å². The van der Waals surface area contributed by atoms with Crippen LogP contribution in [0, 0.1) is 0 Å². The van der Waals surface area contributed by atoms with Gasteiger partial charge in [-0.15, -0.1) is 0 Å². The van der Waals surface area contributed by atoms with Crippen molar-refractivity contribution in [3.8, 4) is 0 Å². The van der Waals surface area contributed by atoms with Gasteiger partial charge in [-0.3, -0.25) is 4.79 Å². The smallest absolute Gasteiger partial charge is 0.274 e. The topological polar surface area (TPSA) is 37.3 Å². The van der Waals surface area contributed by atoms with Gasteiger partial charge in [0.2, 0.25) is 0 Å². The minimum Gasteiger partial charge on any atom is -0.347 e. The van der Waals surface area contributed by atoms with Crippen LogP contribution >= 0.6 is 11.6 Å². The minimum atomic E-state index is 0.0340. The van der Waals surface area contributed by atoms with Gasteiger partial charge < -0.3 is 14.8 Å². The van der Waals surface area contributed by atoms with Crippen molar-refractivity contribution in [2.24, 2.45) is 7.05 Å². The summed E-state index contributed by atoms with van der Waals surface area (Å²) >= 11 is 6.25. The molecule has 3 heterocycles. The molecule has 23 heavy (non-hydrogen) atoms. The second-order valence-corrected chi connectivity index (χ2v) is 7.02. The molecule has 1 N–H and O–H groups in total. The fourth-order valence-electron chi connectivity index (χ4n) is 3.98. The van der Waals surface area contributed by atoms with Gasteiger partial charge in [-0.2, -0.15) is 0 Å². The Morgan fingerprint density at radius 1 is 1.26 bits per heavy atom. The first-order valence-electron chi connectivity index (χ1n) is 8.05. The highest BCUT2D eigenvalue weighted by Crippen LogP contribution is 2.47. The Morgan fingerprint density at radius 3 is 2.74 bits per heavy atom.